The van der Waals surface area contributed by atoms with Gasteiger partial charge in [-0.15, -0.1) is 0 Å². The van der Waals surface area contributed by atoms with E-state index in [1.165, 1.54) is 12.8 Å². The summed E-state index contributed by atoms with van der Waals surface area (Å²) in [6.07, 6.45) is 6.08. The van der Waals surface area contributed by atoms with E-state index in [-0.39, 0.29) is 0 Å². The summed E-state index contributed by atoms with van der Waals surface area (Å²) < 4.78 is 1.85. The molecule has 1 aromatic heterocycles. The standard InChI is InChI=1S/C15H20ClN3/c1-3-12(4-2)11-17-14-10-13(16)6-7-15(14)19-9-5-8-18-19/h5-10,12,17H,3-4,11H2,1-2H3. The fraction of sp³-hybridized carbons (Fsp3) is 0.400. The Morgan fingerprint density at radius 1 is 1.32 bits per heavy atom. The fourth-order valence-corrected chi connectivity index (χ4v) is 2.26. The zero-order valence-corrected chi connectivity index (χ0v) is 12.2. The summed E-state index contributed by atoms with van der Waals surface area (Å²) in [4.78, 5) is 0. The molecule has 0 amide bonds. The van der Waals surface area contributed by atoms with Crippen LogP contribution in [0.3, 0.4) is 0 Å². The van der Waals surface area contributed by atoms with E-state index >= 15 is 0 Å². The number of nitrogens with zero attached hydrogens (tertiary/aromatic N) is 2. The smallest absolute Gasteiger partial charge is 0.0877 e. The summed E-state index contributed by atoms with van der Waals surface area (Å²) >= 11 is 6.09. The van der Waals surface area contributed by atoms with Gasteiger partial charge in [0, 0.05) is 24.0 Å². The first kappa shape index (κ1) is 13.9. The van der Waals surface area contributed by atoms with Gasteiger partial charge in [0.25, 0.3) is 0 Å². The second kappa shape index (κ2) is 6.62. The Kier molecular flexibility index (Phi) is 4.86. The van der Waals surface area contributed by atoms with Crippen LogP contribution in [0.15, 0.2) is 36.7 Å². The number of nitrogens with one attached hydrogen (secondary N) is 1. The highest BCUT2D eigenvalue weighted by molar-refractivity contribution is 6.31. The number of hydrogen-bond donors (Lipinski definition) is 1. The van der Waals surface area contributed by atoms with E-state index < -0.39 is 0 Å². The molecule has 0 spiro atoms. The highest BCUT2D eigenvalue weighted by Crippen LogP contribution is 2.24. The molecule has 0 atom stereocenters. The third kappa shape index (κ3) is 3.51. The van der Waals surface area contributed by atoms with Crippen molar-refractivity contribution in [3.8, 4) is 5.69 Å². The van der Waals surface area contributed by atoms with E-state index in [4.69, 9.17) is 11.6 Å². The Labute approximate surface area is 119 Å². The summed E-state index contributed by atoms with van der Waals surface area (Å²) in [5.41, 5.74) is 2.06. The van der Waals surface area contributed by atoms with Crippen LogP contribution in [0, 0.1) is 5.92 Å². The van der Waals surface area contributed by atoms with Crippen LogP contribution >= 0.6 is 11.6 Å². The molecule has 0 saturated carbocycles. The zero-order chi connectivity index (χ0) is 13.7. The molecular formula is C15H20ClN3. The van der Waals surface area contributed by atoms with Crippen molar-refractivity contribution in [1.29, 1.82) is 0 Å². The van der Waals surface area contributed by atoms with Gasteiger partial charge in [0.1, 0.15) is 0 Å². The second-order valence-corrected chi connectivity index (χ2v) is 5.11. The summed E-state index contributed by atoms with van der Waals surface area (Å²) in [6, 6.07) is 7.76. The van der Waals surface area contributed by atoms with Crippen LogP contribution in [0.1, 0.15) is 26.7 Å². The number of rotatable bonds is 6. The average Bonchev–Trinajstić information content (AvgIpc) is 2.94. The molecule has 0 aliphatic rings. The van der Waals surface area contributed by atoms with Gasteiger partial charge in [-0.2, -0.15) is 5.10 Å². The van der Waals surface area contributed by atoms with Crippen molar-refractivity contribution < 1.29 is 0 Å². The topological polar surface area (TPSA) is 29.9 Å². The first-order chi connectivity index (χ1) is 9.24. The zero-order valence-electron chi connectivity index (χ0n) is 11.4. The first-order valence-corrected chi connectivity index (χ1v) is 7.15. The fourth-order valence-electron chi connectivity index (χ4n) is 2.09. The molecule has 1 N–H and O–H groups in total. The van der Waals surface area contributed by atoms with Gasteiger partial charge in [-0.25, -0.2) is 4.68 Å². The van der Waals surface area contributed by atoms with E-state index in [9.17, 15) is 0 Å². The highest BCUT2D eigenvalue weighted by atomic mass is 35.5. The van der Waals surface area contributed by atoms with Gasteiger partial charge < -0.3 is 5.32 Å². The van der Waals surface area contributed by atoms with Gasteiger partial charge in [0.2, 0.25) is 0 Å². The largest absolute Gasteiger partial charge is 0.383 e. The molecule has 0 unspecified atom stereocenters. The maximum atomic E-state index is 6.09. The molecule has 0 radical (unpaired) electrons. The molecule has 2 rings (SSSR count). The predicted octanol–water partition coefficient (Wildman–Crippen LogP) is 4.37. The normalized spacial score (nSPS) is 10.9. The molecule has 3 nitrogen and oxygen atoms in total. The van der Waals surface area contributed by atoms with Gasteiger partial charge in [-0.3, -0.25) is 0 Å². The van der Waals surface area contributed by atoms with Crippen molar-refractivity contribution in [1.82, 2.24) is 9.78 Å². The van der Waals surface area contributed by atoms with Crippen LogP contribution in [0.4, 0.5) is 5.69 Å². The van der Waals surface area contributed by atoms with Crippen LogP contribution in [0.25, 0.3) is 5.69 Å². The minimum atomic E-state index is 0.685. The van der Waals surface area contributed by atoms with Crippen molar-refractivity contribution in [3.05, 3.63) is 41.7 Å². The van der Waals surface area contributed by atoms with Crippen LogP contribution in [-0.2, 0) is 0 Å². The van der Waals surface area contributed by atoms with Crippen LogP contribution in [0.2, 0.25) is 5.02 Å². The van der Waals surface area contributed by atoms with Crippen molar-refractivity contribution >= 4 is 17.3 Å². The van der Waals surface area contributed by atoms with Crippen LogP contribution in [-0.4, -0.2) is 16.3 Å². The molecule has 102 valence electrons. The van der Waals surface area contributed by atoms with Gasteiger partial charge in [0.05, 0.1) is 11.4 Å². The Bertz CT molecular complexity index is 504. The van der Waals surface area contributed by atoms with E-state index in [1.54, 1.807) is 6.20 Å². The molecule has 1 heterocycles. The summed E-state index contributed by atoms with van der Waals surface area (Å²) in [6.45, 7) is 5.41. The molecule has 0 bridgehead atoms. The molecule has 1 aromatic carbocycles. The van der Waals surface area contributed by atoms with E-state index in [2.05, 4.69) is 24.3 Å². The van der Waals surface area contributed by atoms with Gasteiger partial charge in [-0.05, 0) is 30.2 Å². The maximum Gasteiger partial charge on any atom is 0.0877 e. The Hall–Kier alpha value is -1.48. The Balaban J connectivity index is 2.21. The maximum absolute atomic E-state index is 6.09. The van der Waals surface area contributed by atoms with Crippen molar-refractivity contribution in [2.75, 3.05) is 11.9 Å². The number of anilines is 1. The van der Waals surface area contributed by atoms with Gasteiger partial charge in [0.15, 0.2) is 0 Å². The Morgan fingerprint density at radius 3 is 2.74 bits per heavy atom. The monoisotopic (exact) mass is 277 g/mol. The highest BCUT2D eigenvalue weighted by Gasteiger charge is 2.08. The van der Waals surface area contributed by atoms with Crippen molar-refractivity contribution in [3.63, 3.8) is 0 Å². The lowest BCUT2D eigenvalue weighted by atomic mass is 10.0. The predicted molar refractivity (Wildman–Crippen MR) is 81.1 cm³/mol. The second-order valence-electron chi connectivity index (χ2n) is 4.68. The molecular weight excluding hydrogens is 258 g/mol. The number of aromatic nitrogens is 2. The minimum absolute atomic E-state index is 0.685. The number of hydrogen-bond acceptors (Lipinski definition) is 2. The third-order valence-electron chi connectivity index (χ3n) is 3.45. The molecule has 2 aromatic rings. The summed E-state index contributed by atoms with van der Waals surface area (Å²) in [5.74, 6) is 0.685. The van der Waals surface area contributed by atoms with Crippen LogP contribution < -0.4 is 5.32 Å². The molecule has 0 saturated heterocycles. The van der Waals surface area contributed by atoms with Crippen LogP contribution in [0.5, 0.6) is 0 Å². The Morgan fingerprint density at radius 2 is 2.11 bits per heavy atom. The third-order valence-corrected chi connectivity index (χ3v) is 3.68. The molecule has 19 heavy (non-hydrogen) atoms. The number of benzene rings is 1. The first-order valence-electron chi connectivity index (χ1n) is 6.78. The van der Waals surface area contributed by atoms with E-state index in [1.807, 2.05) is 35.1 Å². The van der Waals surface area contributed by atoms with Gasteiger partial charge >= 0.3 is 0 Å². The molecule has 0 fully saturated rings. The lowest BCUT2D eigenvalue weighted by molar-refractivity contribution is 0.519. The van der Waals surface area contributed by atoms with Gasteiger partial charge in [-0.1, -0.05) is 38.3 Å². The summed E-state index contributed by atoms with van der Waals surface area (Å²) in [5, 5.41) is 8.52. The number of halogens is 1. The lowest BCUT2D eigenvalue weighted by Gasteiger charge is -2.17. The molecule has 0 aliphatic heterocycles. The van der Waals surface area contributed by atoms with E-state index in [0.29, 0.717) is 5.92 Å². The molecule has 4 heteroatoms. The quantitative estimate of drug-likeness (QED) is 0.849. The van der Waals surface area contributed by atoms with Crippen molar-refractivity contribution in [2.24, 2.45) is 5.92 Å². The average molecular weight is 278 g/mol. The lowest BCUT2D eigenvalue weighted by Crippen LogP contribution is -2.14. The SMILES string of the molecule is CCC(CC)CNc1cc(Cl)ccc1-n1cccn1. The van der Waals surface area contributed by atoms with Crippen molar-refractivity contribution in [2.45, 2.75) is 26.7 Å². The minimum Gasteiger partial charge on any atom is -0.383 e. The molecule has 0 aliphatic carbocycles. The summed E-state index contributed by atoms with van der Waals surface area (Å²) in [7, 11) is 0. The van der Waals surface area contributed by atoms with E-state index in [0.717, 1.165) is 22.9 Å².